The van der Waals surface area contributed by atoms with E-state index in [1.165, 1.54) is 0 Å². The van der Waals surface area contributed by atoms with Gasteiger partial charge in [0.1, 0.15) is 17.2 Å². The molecule has 1 N–H and O–H groups in total. The van der Waals surface area contributed by atoms with Crippen LogP contribution in [0.1, 0.15) is 30.6 Å². The molecule has 0 saturated heterocycles. The van der Waals surface area contributed by atoms with Crippen molar-refractivity contribution in [3.8, 4) is 0 Å². The summed E-state index contributed by atoms with van der Waals surface area (Å²) in [6, 6.07) is 2.13. The van der Waals surface area contributed by atoms with Crippen LogP contribution >= 0.6 is 31.9 Å². The molecule has 0 aliphatic heterocycles. The Hall–Kier alpha value is -0.490. The summed E-state index contributed by atoms with van der Waals surface area (Å²) in [6.45, 7) is 4.44. The lowest BCUT2D eigenvalue weighted by Crippen LogP contribution is -2.31. The number of amides is 1. The minimum atomic E-state index is -0.876. The van der Waals surface area contributed by atoms with E-state index in [1.54, 1.807) is 0 Å². The molecule has 1 aromatic rings. The molecule has 1 rings (SSSR count). The van der Waals surface area contributed by atoms with Gasteiger partial charge in [0.05, 0.1) is 0 Å². The van der Waals surface area contributed by atoms with E-state index in [2.05, 4.69) is 51.0 Å². The van der Waals surface area contributed by atoms with Crippen molar-refractivity contribution in [2.45, 2.75) is 25.1 Å². The molecule has 19 heavy (non-hydrogen) atoms. The summed E-state index contributed by atoms with van der Waals surface area (Å²) in [4.78, 5) is 11.8. The molecular weight excluding hydrogens is 384 g/mol. The molecule has 0 fully saturated rings. The lowest BCUT2D eigenvalue weighted by Gasteiger charge is -2.13. The fourth-order valence-electron chi connectivity index (χ4n) is 1.65. The van der Waals surface area contributed by atoms with Crippen LogP contribution in [0.25, 0.3) is 0 Å². The first-order chi connectivity index (χ1) is 8.81. The molecule has 106 valence electrons. The van der Waals surface area contributed by atoms with Gasteiger partial charge in [-0.1, -0.05) is 45.7 Å². The number of rotatable bonds is 5. The second kappa shape index (κ2) is 7.33. The fraction of sp³-hybridized carbons (Fsp3) is 0.462. The van der Waals surface area contributed by atoms with E-state index in [0.717, 1.165) is 18.6 Å². The van der Waals surface area contributed by atoms with Crippen LogP contribution in [0.2, 0.25) is 0 Å². The highest BCUT2D eigenvalue weighted by Gasteiger charge is 2.19. The molecular formula is C13H15Br2F2NO. The van der Waals surface area contributed by atoms with E-state index in [-0.39, 0.29) is 9.30 Å². The number of hydrogen-bond donors (Lipinski definition) is 1. The molecule has 0 radical (unpaired) electrons. The number of halogens is 4. The van der Waals surface area contributed by atoms with E-state index < -0.39 is 23.1 Å². The van der Waals surface area contributed by atoms with Crippen molar-refractivity contribution < 1.29 is 13.6 Å². The van der Waals surface area contributed by atoms with Crippen molar-refractivity contribution in [2.75, 3.05) is 6.54 Å². The highest BCUT2D eigenvalue weighted by atomic mass is 79.9. The first kappa shape index (κ1) is 16.6. The van der Waals surface area contributed by atoms with Crippen molar-refractivity contribution in [2.24, 2.45) is 5.92 Å². The second-order valence-corrected chi connectivity index (χ2v) is 6.89. The predicted octanol–water partition coefficient (Wildman–Crippen LogP) is 4.27. The molecule has 0 heterocycles. The molecule has 1 unspecified atom stereocenters. The quantitative estimate of drug-likeness (QED) is 0.737. The highest BCUT2D eigenvalue weighted by molar-refractivity contribution is 9.10. The monoisotopic (exact) mass is 397 g/mol. The summed E-state index contributed by atoms with van der Waals surface area (Å²) in [7, 11) is 0. The van der Waals surface area contributed by atoms with Crippen LogP contribution in [0.5, 0.6) is 0 Å². The van der Waals surface area contributed by atoms with E-state index in [9.17, 15) is 13.6 Å². The van der Waals surface area contributed by atoms with E-state index in [4.69, 9.17) is 0 Å². The van der Waals surface area contributed by atoms with Gasteiger partial charge in [0.25, 0.3) is 5.91 Å². The van der Waals surface area contributed by atoms with Crippen molar-refractivity contribution in [3.05, 3.63) is 33.8 Å². The zero-order valence-electron chi connectivity index (χ0n) is 10.6. The number of benzene rings is 1. The third-order valence-electron chi connectivity index (χ3n) is 2.45. The van der Waals surface area contributed by atoms with Gasteiger partial charge in [0, 0.05) is 15.8 Å². The minimum absolute atomic E-state index is 0.0815. The Kier molecular flexibility index (Phi) is 6.39. The molecule has 0 aliphatic rings. The molecule has 0 saturated carbocycles. The number of nitrogens with one attached hydrogen (secondary N) is 1. The van der Waals surface area contributed by atoms with Crippen LogP contribution in [0.3, 0.4) is 0 Å². The van der Waals surface area contributed by atoms with Crippen molar-refractivity contribution in [1.82, 2.24) is 5.32 Å². The van der Waals surface area contributed by atoms with Gasteiger partial charge in [-0.15, -0.1) is 0 Å². The molecule has 1 aromatic carbocycles. The Morgan fingerprint density at radius 2 is 1.84 bits per heavy atom. The second-order valence-electron chi connectivity index (χ2n) is 4.68. The summed E-state index contributed by atoms with van der Waals surface area (Å²) in [5, 5.41) is 2.52. The summed E-state index contributed by atoms with van der Waals surface area (Å²) < 4.78 is 27.4. The van der Waals surface area contributed by atoms with Gasteiger partial charge in [0.2, 0.25) is 0 Å². The maximum Gasteiger partial charge on any atom is 0.257 e. The number of hydrogen-bond acceptors (Lipinski definition) is 1. The molecule has 6 heteroatoms. The maximum absolute atomic E-state index is 13.6. The average Bonchev–Trinajstić information content (AvgIpc) is 2.23. The highest BCUT2D eigenvalue weighted by Crippen LogP contribution is 2.19. The van der Waals surface area contributed by atoms with Crippen LogP contribution in [0.4, 0.5) is 8.78 Å². The van der Waals surface area contributed by atoms with Gasteiger partial charge in [-0.05, 0) is 24.5 Å². The predicted molar refractivity (Wildman–Crippen MR) is 78.6 cm³/mol. The number of alkyl halides is 1. The summed E-state index contributed by atoms with van der Waals surface area (Å²) in [5.41, 5.74) is -0.549. The van der Waals surface area contributed by atoms with Crippen molar-refractivity contribution >= 4 is 37.8 Å². The largest absolute Gasteiger partial charge is 0.351 e. The minimum Gasteiger partial charge on any atom is -0.351 e. The molecule has 0 bridgehead atoms. The Bertz CT molecular complexity index is 443. The van der Waals surface area contributed by atoms with Crippen molar-refractivity contribution in [3.63, 3.8) is 0 Å². The maximum atomic E-state index is 13.6. The first-order valence-electron chi connectivity index (χ1n) is 5.88. The summed E-state index contributed by atoms with van der Waals surface area (Å²) in [6.07, 6.45) is 0.867. The molecule has 1 amide bonds. The summed E-state index contributed by atoms with van der Waals surface area (Å²) >= 11 is 6.38. The first-order valence-corrected chi connectivity index (χ1v) is 7.59. The summed E-state index contributed by atoms with van der Waals surface area (Å²) in [5.74, 6) is -2.02. The van der Waals surface area contributed by atoms with Crippen LogP contribution in [-0.2, 0) is 0 Å². The normalized spacial score (nSPS) is 12.6. The van der Waals surface area contributed by atoms with Gasteiger partial charge in [-0.25, -0.2) is 8.78 Å². The van der Waals surface area contributed by atoms with Crippen molar-refractivity contribution in [1.29, 1.82) is 0 Å². The Morgan fingerprint density at radius 3 is 2.32 bits per heavy atom. The standard InChI is InChI=1S/C13H15Br2F2NO/c1-7(2)3-9(15)6-18-13(19)12-10(16)4-8(14)5-11(12)17/h4-5,7,9H,3,6H2,1-2H3,(H,18,19). The van der Waals surface area contributed by atoms with Gasteiger partial charge in [-0.2, -0.15) is 0 Å². The Balaban J connectivity index is 2.69. The average molecular weight is 399 g/mol. The van der Waals surface area contributed by atoms with Gasteiger partial charge >= 0.3 is 0 Å². The van der Waals surface area contributed by atoms with Gasteiger partial charge < -0.3 is 5.32 Å². The van der Waals surface area contributed by atoms with Gasteiger partial charge in [0.15, 0.2) is 0 Å². The van der Waals surface area contributed by atoms with E-state index >= 15 is 0 Å². The Morgan fingerprint density at radius 1 is 1.32 bits per heavy atom. The van der Waals surface area contributed by atoms with E-state index in [1.807, 2.05) is 0 Å². The van der Waals surface area contributed by atoms with Crippen LogP contribution < -0.4 is 5.32 Å². The molecule has 0 aromatic heterocycles. The third kappa shape index (κ3) is 5.18. The van der Waals surface area contributed by atoms with Crippen LogP contribution in [0, 0.1) is 17.6 Å². The molecule has 1 atom stereocenters. The topological polar surface area (TPSA) is 29.1 Å². The molecule has 2 nitrogen and oxygen atoms in total. The molecule has 0 aliphatic carbocycles. The zero-order valence-corrected chi connectivity index (χ0v) is 13.8. The number of carbonyl (C=O) groups is 1. The lowest BCUT2D eigenvalue weighted by atomic mass is 10.1. The zero-order chi connectivity index (χ0) is 14.6. The SMILES string of the molecule is CC(C)CC(Br)CNC(=O)c1c(F)cc(Br)cc1F. The van der Waals surface area contributed by atoms with Crippen LogP contribution in [-0.4, -0.2) is 17.3 Å². The molecule has 0 spiro atoms. The Labute approximate surface area is 128 Å². The van der Waals surface area contributed by atoms with Gasteiger partial charge in [-0.3, -0.25) is 4.79 Å². The lowest BCUT2D eigenvalue weighted by molar-refractivity contribution is 0.0945. The van der Waals surface area contributed by atoms with E-state index in [0.29, 0.717) is 12.5 Å². The third-order valence-corrected chi connectivity index (χ3v) is 3.60. The van der Waals surface area contributed by atoms with Crippen LogP contribution in [0.15, 0.2) is 16.6 Å². The fourth-order valence-corrected chi connectivity index (χ4v) is 2.96. The smallest absolute Gasteiger partial charge is 0.257 e. The number of carbonyl (C=O) groups excluding carboxylic acids is 1.